The van der Waals surface area contributed by atoms with Gasteiger partial charge in [0.2, 0.25) is 11.8 Å². The summed E-state index contributed by atoms with van der Waals surface area (Å²) in [6, 6.07) is 10.6. The van der Waals surface area contributed by atoms with Crippen molar-refractivity contribution in [2.75, 3.05) is 14.2 Å². The van der Waals surface area contributed by atoms with Gasteiger partial charge in [-0.3, -0.25) is 14.6 Å². The van der Waals surface area contributed by atoms with E-state index in [9.17, 15) is 19.2 Å². The van der Waals surface area contributed by atoms with Gasteiger partial charge in [-0.05, 0) is 79.9 Å². The lowest BCUT2D eigenvalue weighted by molar-refractivity contribution is -0.139. The summed E-state index contributed by atoms with van der Waals surface area (Å²) < 4.78 is 9.68. The first kappa shape index (κ1) is 41.0. The zero-order chi connectivity index (χ0) is 42.2. The number of fused-ring (bicyclic) bond motifs is 3. The molecule has 2 bridgehead atoms. The number of rotatable bonds is 11. The molecule has 1 aromatic carbocycles. The lowest BCUT2D eigenvalue weighted by Gasteiger charge is -2.37. The zero-order valence-electron chi connectivity index (χ0n) is 35.3. The van der Waals surface area contributed by atoms with Crippen LogP contribution in [0.25, 0.3) is 33.8 Å². The molecule has 15 nitrogen and oxygen atoms in total. The molecule has 2 aliphatic heterocycles. The number of imidazole rings is 2. The van der Waals surface area contributed by atoms with Crippen molar-refractivity contribution in [2.45, 2.75) is 115 Å². The molecule has 8 atom stereocenters. The number of amides is 4. The van der Waals surface area contributed by atoms with Crippen molar-refractivity contribution >= 4 is 24.0 Å². The normalized spacial score (nSPS) is 24.3. The third-order valence-corrected chi connectivity index (χ3v) is 13.3. The number of ether oxygens (including phenoxy) is 2. The number of nitrogens with zero attached hydrogens (tertiary/aromatic N) is 5. The number of H-pyrrole nitrogens is 2. The average Bonchev–Trinajstić information content (AvgIpc) is 4.12. The van der Waals surface area contributed by atoms with Crippen LogP contribution in [-0.4, -0.2) is 97.1 Å². The highest BCUT2D eigenvalue weighted by molar-refractivity contribution is 5.87. The van der Waals surface area contributed by atoms with E-state index in [1.165, 1.54) is 14.2 Å². The summed E-state index contributed by atoms with van der Waals surface area (Å²) in [7, 11) is 2.61. The molecule has 4 aromatic rings. The van der Waals surface area contributed by atoms with Crippen LogP contribution in [-0.2, 0) is 19.1 Å². The Morgan fingerprint density at radius 1 is 0.650 bits per heavy atom. The van der Waals surface area contributed by atoms with Crippen LogP contribution < -0.4 is 10.6 Å². The van der Waals surface area contributed by atoms with Crippen LogP contribution in [0.3, 0.4) is 0 Å². The number of hydrogen-bond acceptors (Lipinski definition) is 9. The van der Waals surface area contributed by atoms with Crippen LogP contribution in [0.2, 0.25) is 0 Å². The first-order valence-electron chi connectivity index (χ1n) is 21.5. The number of likely N-dealkylation sites (tertiary alicyclic amines) is 2. The number of alkyl carbamates (subject to hydrolysis) is 2. The van der Waals surface area contributed by atoms with Gasteiger partial charge >= 0.3 is 12.2 Å². The van der Waals surface area contributed by atoms with Gasteiger partial charge in [0, 0.05) is 29.4 Å². The molecular formula is C45H57N9O6. The second-order valence-corrected chi connectivity index (χ2v) is 17.6. The molecule has 4 amide bonds. The minimum absolute atomic E-state index is 0.0889. The number of pyridine rings is 1. The zero-order valence-corrected chi connectivity index (χ0v) is 35.3. The Morgan fingerprint density at radius 3 is 1.87 bits per heavy atom. The van der Waals surface area contributed by atoms with Gasteiger partial charge in [-0.1, -0.05) is 64.8 Å². The topological polar surface area (TPSA) is 188 Å². The number of nitrogens with one attached hydrogen (secondary N) is 4. The lowest BCUT2D eigenvalue weighted by Crippen LogP contribution is -2.54. The SMILES string of the molecule is COC(=O)N[C@H](C(=O)N1C2CCC(C2)[C@H]1c1ncc(-c2ccc(-c3ccc(-c4cnc([C@@H]5CC6CCCCC6N5C(=O)[C@@H](NC(=O)OC)C(C)C)[nH]4)cc3)nc2)[nH]1)C(C)C. The third kappa shape index (κ3) is 7.85. The molecule has 4 fully saturated rings. The molecule has 0 spiro atoms. The molecule has 4 aliphatic rings. The van der Waals surface area contributed by atoms with E-state index in [0.717, 1.165) is 96.8 Å². The van der Waals surface area contributed by atoms with Gasteiger partial charge < -0.3 is 39.9 Å². The van der Waals surface area contributed by atoms with E-state index in [1.807, 2.05) is 86.3 Å². The summed E-state index contributed by atoms with van der Waals surface area (Å²) >= 11 is 0. The first-order chi connectivity index (χ1) is 28.9. The molecular weight excluding hydrogens is 763 g/mol. The highest BCUT2D eigenvalue weighted by atomic mass is 16.5. The Hall–Kier alpha value is -5.73. The van der Waals surface area contributed by atoms with Gasteiger partial charge in [-0.2, -0.15) is 0 Å². The maximum atomic E-state index is 14.2. The van der Waals surface area contributed by atoms with E-state index in [1.54, 1.807) is 6.20 Å². The van der Waals surface area contributed by atoms with Crippen LogP contribution in [0.4, 0.5) is 9.59 Å². The molecule has 2 saturated heterocycles. The predicted molar refractivity (Wildman–Crippen MR) is 224 cm³/mol. The van der Waals surface area contributed by atoms with E-state index < -0.39 is 24.3 Å². The fourth-order valence-electron chi connectivity index (χ4n) is 10.2. The Bertz CT molecular complexity index is 2180. The van der Waals surface area contributed by atoms with E-state index in [-0.39, 0.29) is 47.8 Å². The minimum atomic E-state index is -0.695. The molecule has 318 valence electrons. The van der Waals surface area contributed by atoms with Crippen molar-refractivity contribution in [2.24, 2.45) is 23.7 Å². The molecule has 0 radical (unpaired) electrons. The molecule has 15 heteroatoms. The average molecular weight is 820 g/mol. The second kappa shape index (κ2) is 17.1. The summed E-state index contributed by atoms with van der Waals surface area (Å²) in [5.41, 5.74) is 5.31. The summed E-state index contributed by atoms with van der Waals surface area (Å²) in [6.45, 7) is 7.72. The van der Waals surface area contributed by atoms with Crippen molar-refractivity contribution in [3.63, 3.8) is 0 Å². The number of carbonyl (C=O) groups is 4. The smallest absolute Gasteiger partial charge is 0.407 e. The Balaban J connectivity index is 0.959. The number of methoxy groups -OCH3 is 2. The summed E-state index contributed by atoms with van der Waals surface area (Å²) in [4.78, 5) is 77.9. The monoisotopic (exact) mass is 819 g/mol. The predicted octanol–water partition coefficient (Wildman–Crippen LogP) is 7.17. The molecule has 2 aliphatic carbocycles. The fraction of sp³-hybridized carbons (Fsp3) is 0.533. The minimum Gasteiger partial charge on any atom is -0.453 e. The van der Waals surface area contributed by atoms with Gasteiger partial charge in [-0.15, -0.1) is 0 Å². The summed E-state index contributed by atoms with van der Waals surface area (Å²) in [5.74, 6) is 1.78. The summed E-state index contributed by atoms with van der Waals surface area (Å²) in [6.07, 6.45) is 12.2. The number of benzene rings is 1. The van der Waals surface area contributed by atoms with Crippen LogP contribution in [0.15, 0.2) is 55.0 Å². The Morgan fingerprint density at radius 2 is 1.23 bits per heavy atom. The van der Waals surface area contributed by atoms with Gasteiger partial charge in [-0.25, -0.2) is 19.6 Å². The Kier molecular flexibility index (Phi) is 11.7. The van der Waals surface area contributed by atoms with E-state index in [2.05, 4.69) is 20.6 Å². The van der Waals surface area contributed by atoms with Gasteiger partial charge in [0.25, 0.3) is 0 Å². The van der Waals surface area contributed by atoms with Crippen LogP contribution >= 0.6 is 0 Å². The third-order valence-electron chi connectivity index (χ3n) is 13.3. The van der Waals surface area contributed by atoms with Crippen LogP contribution in [0.5, 0.6) is 0 Å². The molecule has 8 rings (SSSR count). The highest BCUT2D eigenvalue weighted by Crippen LogP contribution is 2.50. The van der Waals surface area contributed by atoms with Crippen molar-refractivity contribution in [3.05, 3.63) is 66.6 Å². The summed E-state index contributed by atoms with van der Waals surface area (Å²) in [5, 5.41) is 5.54. The van der Waals surface area contributed by atoms with Gasteiger partial charge in [0.15, 0.2) is 0 Å². The lowest BCUT2D eigenvalue weighted by atomic mass is 9.84. The van der Waals surface area contributed by atoms with Crippen molar-refractivity contribution in [3.8, 4) is 33.8 Å². The molecule has 5 heterocycles. The molecule has 60 heavy (non-hydrogen) atoms. The highest BCUT2D eigenvalue weighted by Gasteiger charge is 2.52. The van der Waals surface area contributed by atoms with E-state index in [4.69, 9.17) is 24.4 Å². The number of piperidine rings is 1. The largest absolute Gasteiger partial charge is 0.453 e. The molecule has 4 unspecified atom stereocenters. The first-order valence-corrected chi connectivity index (χ1v) is 21.5. The standard InChI is InChI=1S/C45H57N9O6/c1-24(2)37(51-44(57)59-5)42(55)53-31-17-15-29(19-31)39(53)41-48-23-34(50-41)30-16-18-32(46-21-30)26-11-13-27(14-12-26)33-22-47-40(49-33)36-20-28-9-7-8-10-35(28)54(36)43(56)38(25(3)4)52-45(58)60-6/h11-14,16,18,21-25,28-29,31,35-39H,7-10,15,17,19-20H2,1-6H3,(H,47,49)(H,48,50)(H,51,57)(H,52,58)/t28?,29?,31?,35?,36-,37-,38-,39-/m0/s1. The van der Waals surface area contributed by atoms with Gasteiger partial charge in [0.05, 0.1) is 55.8 Å². The number of aromatic amines is 2. The molecule has 3 aromatic heterocycles. The fourth-order valence-corrected chi connectivity index (χ4v) is 10.2. The quantitative estimate of drug-likeness (QED) is 0.122. The van der Waals surface area contributed by atoms with Crippen molar-refractivity contribution in [1.29, 1.82) is 0 Å². The maximum absolute atomic E-state index is 14.2. The van der Waals surface area contributed by atoms with Crippen LogP contribution in [0.1, 0.15) is 103 Å². The molecule has 2 saturated carbocycles. The maximum Gasteiger partial charge on any atom is 0.407 e. The van der Waals surface area contributed by atoms with E-state index >= 15 is 0 Å². The number of aromatic nitrogens is 5. The number of hydrogen-bond donors (Lipinski definition) is 4. The number of carbonyl (C=O) groups excluding carboxylic acids is 4. The molecule has 4 N–H and O–H groups in total. The van der Waals surface area contributed by atoms with Gasteiger partial charge in [0.1, 0.15) is 23.7 Å². The van der Waals surface area contributed by atoms with Crippen molar-refractivity contribution < 1.29 is 28.7 Å². The Labute approximate surface area is 350 Å². The second-order valence-electron chi connectivity index (χ2n) is 17.6. The van der Waals surface area contributed by atoms with Crippen LogP contribution in [0, 0.1) is 23.7 Å². The van der Waals surface area contributed by atoms with E-state index in [0.29, 0.717) is 11.8 Å². The van der Waals surface area contributed by atoms with Crippen molar-refractivity contribution in [1.82, 2.24) is 45.4 Å².